The van der Waals surface area contributed by atoms with Crippen molar-refractivity contribution in [2.75, 3.05) is 19.6 Å². The van der Waals surface area contributed by atoms with Crippen molar-refractivity contribution >= 4 is 11.6 Å². The van der Waals surface area contributed by atoms with Crippen LogP contribution in [0, 0.1) is 5.92 Å². The monoisotopic (exact) mass is 268 g/mol. The van der Waals surface area contributed by atoms with Gasteiger partial charge in [0.05, 0.1) is 5.02 Å². The van der Waals surface area contributed by atoms with Crippen LogP contribution in [0.3, 0.4) is 0 Å². The number of halogens is 1. The van der Waals surface area contributed by atoms with Crippen molar-refractivity contribution in [1.29, 1.82) is 0 Å². The molecular weight excluding hydrogens is 248 g/mol. The molecule has 0 aliphatic carbocycles. The fraction of sp³-hybridized carbons (Fsp3) is 0.571. The molecular formula is C14H21ClN2O. The number of piperidine rings is 1. The summed E-state index contributed by atoms with van der Waals surface area (Å²) in [6.07, 6.45) is 3.66. The minimum absolute atomic E-state index is 0.153. The molecule has 0 bridgehead atoms. The maximum Gasteiger partial charge on any atom is 0.134 e. The average molecular weight is 269 g/mol. The first kappa shape index (κ1) is 13.7. The number of nitrogens with two attached hydrogens (primary N) is 1. The Balaban J connectivity index is 1.93. The van der Waals surface area contributed by atoms with Crippen LogP contribution in [0.25, 0.3) is 0 Å². The Morgan fingerprint density at radius 2 is 2.28 bits per heavy atom. The first-order valence-corrected chi connectivity index (χ1v) is 6.96. The summed E-state index contributed by atoms with van der Waals surface area (Å²) in [4.78, 5) is 2.45. The summed E-state index contributed by atoms with van der Waals surface area (Å²) in [6, 6.07) is 5.45. The summed E-state index contributed by atoms with van der Waals surface area (Å²) in [5.74, 6) is 0.886. The van der Waals surface area contributed by atoms with E-state index in [4.69, 9.17) is 17.3 Å². The van der Waals surface area contributed by atoms with Gasteiger partial charge in [0.1, 0.15) is 5.75 Å². The van der Waals surface area contributed by atoms with E-state index in [0.29, 0.717) is 5.02 Å². The van der Waals surface area contributed by atoms with Crippen LogP contribution in [-0.2, 0) is 6.54 Å². The first-order chi connectivity index (χ1) is 8.69. The minimum atomic E-state index is 0.153. The highest BCUT2D eigenvalue weighted by molar-refractivity contribution is 6.32. The predicted octanol–water partition coefficient (Wildman–Crippen LogP) is 2.61. The lowest BCUT2D eigenvalue weighted by Gasteiger charge is -2.32. The summed E-state index contributed by atoms with van der Waals surface area (Å²) >= 11 is 5.92. The fourth-order valence-corrected chi connectivity index (χ4v) is 2.88. The predicted molar refractivity (Wildman–Crippen MR) is 74.8 cm³/mol. The van der Waals surface area contributed by atoms with Crippen LogP contribution in [0.5, 0.6) is 5.75 Å². The van der Waals surface area contributed by atoms with Gasteiger partial charge in [0.15, 0.2) is 0 Å². The van der Waals surface area contributed by atoms with Crippen LogP contribution in [0.2, 0.25) is 5.02 Å². The Bertz CT molecular complexity index is 395. The molecule has 1 aromatic rings. The second kappa shape index (κ2) is 6.41. The molecule has 1 unspecified atom stereocenters. The molecule has 0 radical (unpaired) electrons. The number of nitrogens with zero attached hydrogens (tertiary/aromatic N) is 1. The third kappa shape index (κ3) is 3.61. The van der Waals surface area contributed by atoms with Gasteiger partial charge >= 0.3 is 0 Å². The standard InChI is InChI=1S/C14H21ClN2O/c15-13-8-12(3-4-14(13)18)10-17-7-1-2-11(9-17)5-6-16/h3-4,8,11,18H,1-2,5-7,9-10,16H2. The van der Waals surface area contributed by atoms with Crippen molar-refractivity contribution in [1.82, 2.24) is 4.90 Å². The van der Waals surface area contributed by atoms with Gasteiger partial charge in [-0.25, -0.2) is 0 Å². The number of hydrogen-bond donors (Lipinski definition) is 2. The normalized spacial score (nSPS) is 21.1. The third-order valence-electron chi connectivity index (χ3n) is 3.60. The molecule has 1 aliphatic heterocycles. The Labute approximate surface area is 114 Å². The molecule has 1 aromatic carbocycles. The van der Waals surface area contributed by atoms with Crippen molar-refractivity contribution in [3.05, 3.63) is 28.8 Å². The zero-order valence-electron chi connectivity index (χ0n) is 10.6. The van der Waals surface area contributed by atoms with Gasteiger partial charge in [-0.1, -0.05) is 17.7 Å². The minimum Gasteiger partial charge on any atom is -0.506 e. The number of rotatable bonds is 4. The second-order valence-electron chi connectivity index (χ2n) is 5.11. The highest BCUT2D eigenvalue weighted by atomic mass is 35.5. The SMILES string of the molecule is NCCC1CCCN(Cc2ccc(O)c(Cl)c2)C1. The molecule has 3 N–H and O–H groups in total. The number of aromatic hydroxyl groups is 1. The van der Waals surface area contributed by atoms with E-state index in [2.05, 4.69) is 4.90 Å². The van der Waals surface area contributed by atoms with E-state index >= 15 is 0 Å². The van der Waals surface area contributed by atoms with E-state index in [9.17, 15) is 5.11 Å². The van der Waals surface area contributed by atoms with E-state index in [1.807, 2.05) is 12.1 Å². The number of hydrogen-bond acceptors (Lipinski definition) is 3. The van der Waals surface area contributed by atoms with Crippen LogP contribution < -0.4 is 5.73 Å². The van der Waals surface area contributed by atoms with Gasteiger partial charge in [-0.05, 0) is 56.0 Å². The number of phenols is 1. The molecule has 3 nitrogen and oxygen atoms in total. The molecule has 100 valence electrons. The van der Waals surface area contributed by atoms with Crippen molar-refractivity contribution in [2.45, 2.75) is 25.8 Å². The molecule has 4 heteroatoms. The first-order valence-electron chi connectivity index (χ1n) is 6.59. The van der Waals surface area contributed by atoms with Crippen LogP contribution >= 0.6 is 11.6 Å². The van der Waals surface area contributed by atoms with Gasteiger partial charge in [-0.15, -0.1) is 0 Å². The summed E-state index contributed by atoms with van der Waals surface area (Å²) in [6.45, 7) is 3.94. The van der Waals surface area contributed by atoms with Crippen molar-refractivity contribution in [2.24, 2.45) is 11.7 Å². The van der Waals surface area contributed by atoms with E-state index < -0.39 is 0 Å². The van der Waals surface area contributed by atoms with Crippen molar-refractivity contribution < 1.29 is 5.11 Å². The van der Waals surface area contributed by atoms with Gasteiger partial charge in [0, 0.05) is 13.1 Å². The molecule has 1 atom stereocenters. The maximum absolute atomic E-state index is 9.40. The smallest absolute Gasteiger partial charge is 0.134 e. The fourth-order valence-electron chi connectivity index (χ4n) is 2.67. The van der Waals surface area contributed by atoms with Gasteiger partial charge in [-0.2, -0.15) is 0 Å². The molecule has 0 aromatic heterocycles. The van der Waals surface area contributed by atoms with E-state index in [0.717, 1.165) is 44.1 Å². The Morgan fingerprint density at radius 3 is 3.00 bits per heavy atom. The third-order valence-corrected chi connectivity index (χ3v) is 3.90. The van der Waals surface area contributed by atoms with Gasteiger partial charge < -0.3 is 10.8 Å². The summed E-state index contributed by atoms with van der Waals surface area (Å²) < 4.78 is 0. The molecule has 1 fully saturated rings. The lowest BCUT2D eigenvalue weighted by Crippen LogP contribution is -2.35. The summed E-state index contributed by atoms with van der Waals surface area (Å²) in [5.41, 5.74) is 6.79. The van der Waals surface area contributed by atoms with Crippen LogP contribution in [0.15, 0.2) is 18.2 Å². The quantitative estimate of drug-likeness (QED) is 0.883. The Kier molecular flexibility index (Phi) is 4.87. The lowest BCUT2D eigenvalue weighted by atomic mass is 9.94. The maximum atomic E-state index is 9.40. The zero-order chi connectivity index (χ0) is 13.0. The summed E-state index contributed by atoms with van der Waals surface area (Å²) in [7, 11) is 0. The number of likely N-dealkylation sites (tertiary alicyclic amines) is 1. The van der Waals surface area contributed by atoms with Crippen LogP contribution in [0.1, 0.15) is 24.8 Å². The highest BCUT2D eigenvalue weighted by Crippen LogP contribution is 2.26. The van der Waals surface area contributed by atoms with Gasteiger partial charge in [0.25, 0.3) is 0 Å². The molecule has 1 saturated heterocycles. The number of phenolic OH excluding ortho intramolecular Hbond substituents is 1. The topological polar surface area (TPSA) is 49.5 Å². The lowest BCUT2D eigenvalue weighted by molar-refractivity contribution is 0.163. The zero-order valence-corrected chi connectivity index (χ0v) is 11.4. The van der Waals surface area contributed by atoms with Crippen molar-refractivity contribution in [3.8, 4) is 5.75 Å². The molecule has 2 rings (SSSR count). The second-order valence-corrected chi connectivity index (χ2v) is 5.51. The molecule has 0 saturated carbocycles. The average Bonchev–Trinajstić information content (AvgIpc) is 2.35. The highest BCUT2D eigenvalue weighted by Gasteiger charge is 2.19. The van der Waals surface area contributed by atoms with Crippen LogP contribution in [0.4, 0.5) is 0 Å². The van der Waals surface area contributed by atoms with E-state index in [-0.39, 0.29) is 5.75 Å². The molecule has 1 aliphatic rings. The number of benzene rings is 1. The molecule has 18 heavy (non-hydrogen) atoms. The van der Waals surface area contributed by atoms with Gasteiger partial charge in [-0.3, -0.25) is 4.90 Å². The van der Waals surface area contributed by atoms with E-state index in [1.54, 1.807) is 6.07 Å². The summed E-state index contributed by atoms with van der Waals surface area (Å²) in [5, 5.41) is 9.84. The van der Waals surface area contributed by atoms with E-state index in [1.165, 1.54) is 12.8 Å². The molecule has 0 amide bonds. The van der Waals surface area contributed by atoms with Crippen LogP contribution in [-0.4, -0.2) is 29.6 Å². The van der Waals surface area contributed by atoms with Gasteiger partial charge in [0.2, 0.25) is 0 Å². The molecule has 0 spiro atoms. The largest absolute Gasteiger partial charge is 0.506 e. The van der Waals surface area contributed by atoms with Crippen molar-refractivity contribution in [3.63, 3.8) is 0 Å². The molecule has 1 heterocycles. The Morgan fingerprint density at radius 1 is 1.44 bits per heavy atom. The Hall–Kier alpha value is -0.770.